The monoisotopic (exact) mass is 287 g/mol. The first-order chi connectivity index (χ1) is 9.22. The number of rotatable bonds is 9. The van der Waals surface area contributed by atoms with Crippen molar-refractivity contribution in [2.24, 2.45) is 0 Å². The van der Waals surface area contributed by atoms with E-state index in [9.17, 15) is 0 Å². The van der Waals surface area contributed by atoms with Crippen LogP contribution in [-0.4, -0.2) is 33.5 Å². The number of halogens is 1. The van der Waals surface area contributed by atoms with Gasteiger partial charge in [-0.15, -0.1) is 0 Å². The molecule has 0 amide bonds. The molecule has 0 radical (unpaired) electrons. The minimum Gasteiger partial charge on any atom is -0.493 e. The third-order valence-corrected chi connectivity index (χ3v) is 2.83. The summed E-state index contributed by atoms with van der Waals surface area (Å²) in [5, 5.41) is 3.81. The quantitative estimate of drug-likeness (QED) is 0.709. The average molecular weight is 288 g/mol. The Bertz CT molecular complexity index is 385. The third-order valence-electron chi connectivity index (χ3n) is 2.55. The minimum absolute atomic E-state index is 0.455. The molecule has 0 aromatic heterocycles. The molecule has 1 N–H and O–H groups in total. The number of ether oxygens (including phenoxy) is 3. The van der Waals surface area contributed by atoms with Crippen molar-refractivity contribution in [3.8, 4) is 11.5 Å². The van der Waals surface area contributed by atoms with Crippen molar-refractivity contribution in [1.82, 2.24) is 5.32 Å². The van der Waals surface area contributed by atoms with Crippen molar-refractivity contribution in [3.63, 3.8) is 0 Å². The van der Waals surface area contributed by atoms with Crippen LogP contribution in [0.1, 0.15) is 19.4 Å². The van der Waals surface area contributed by atoms with Gasteiger partial charge in [-0.3, -0.25) is 0 Å². The Kier molecular flexibility index (Phi) is 7.63. The van der Waals surface area contributed by atoms with Crippen LogP contribution in [0.3, 0.4) is 0 Å². The molecule has 0 unspecified atom stereocenters. The summed E-state index contributed by atoms with van der Waals surface area (Å²) in [6.45, 7) is 7.34. The van der Waals surface area contributed by atoms with Crippen LogP contribution < -0.4 is 14.8 Å². The van der Waals surface area contributed by atoms with Gasteiger partial charge in [0, 0.05) is 13.2 Å². The van der Waals surface area contributed by atoms with Crippen LogP contribution >= 0.6 is 11.6 Å². The Balaban J connectivity index is 2.73. The predicted molar refractivity (Wildman–Crippen MR) is 77.4 cm³/mol. The summed E-state index contributed by atoms with van der Waals surface area (Å²) in [6, 6.07) is 3.83. The van der Waals surface area contributed by atoms with Gasteiger partial charge in [0.2, 0.25) is 0 Å². The maximum Gasteiger partial charge on any atom is 0.179 e. The lowest BCUT2D eigenvalue weighted by molar-refractivity contribution is 0.109. The topological polar surface area (TPSA) is 39.7 Å². The first-order valence-corrected chi connectivity index (χ1v) is 6.88. The molecule has 0 aliphatic rings. The fraction of sp³-hybridized carbons (Fsp3) is 0.571. The first kappa shape index (κ1) is 16.1. The molecule has 5 heteroatoms. The molecule has 0 saturated carbocycles. The largest absolute Gasteiger partial charge is 0.493 e. The summed E-state index contributed by atoms with van der Waals surface area (Å²) in [7, 11) is 1.61. The fourth-order valence-electron chi connectivity index (χ4n) is 1.63. The lowest BCUT2D eigenvalue weighted by Crippen LogP contribution is -2.12. The zero-order valence-electron chi connectivity index (χ0n) is 11.8. The van der Waals surface area contributed by atoms with E-state index in [-0.39, 0.29) is 0 Å². The van der Waals surface area contributed by atoms with Crippen molar-refractivity contribution in [2.75, 3.05) is 33.5 Å². The highest BCUT2D eigenvalue weighted by atomic mass is 35.5. The van der Waals surface area contributed by atoms with Crippen LogP contribution in [0.4, 0.5) is 0 Å². The van der Waals surface area contributed by atoms with E-state index in [2.05, 4.69) is 12.2 Å². The van der Waals surface area contributed by atoms with Gasteiger partial charge >= 0.3 is 0 Å². The smallest absolute Gasteiger partial charge is 0.179 e. The second-order valence-electron chi connectivity index (χ2n) is 3.93. The number of hydrogen-bond acceptors (Lipinski definition) is 4. The molecule has 1 rings (SSSR count). The molecule has 4 nitrogen and oxygen atoms in total. The van der Waals surface area contributed by atoms with E-state index < -0.39 is 0 Å². The molecular weight excluding hydrogens is 266 g/mol. The minimum atomic E-state index is 0.455. The Morgan fingerprint density at radius 3 is 2.63 bits per heavy atom. The molecule has 0 fully saturated rings. The van der Waals surface area contributed by atoms with Crippen molar-refractivity contribution in [2.45, 2.75) is 20.4 Å². The van der Waals surface area contributed by atoms with E-state index in [1.807, 2.05) is 19.1 Å². The van der Waals surface area contributed by atoms with Gasteiger partial charge in [-0.25, -0.2) is 0 Å². The average Bonchev–Trinajstić information content (AvgIpc) is 2.42. The second-order valence-corrected chi connectivity index (χ2v) is 4.34. The summed E-state index contributed by atoms with van der Waals surface area (Å²) in [4.78, 5) is 0. The van der Waals surface area contributed by atoms with E-state index in [0.717, 1.165) is 18.7 Å². The summed E-state index contributed by atoms with van der Waals surface area (Å²) in [5.74, 6) is 1.22. The highest BCUT2D eigenvalue weighted by molar-refractivity contribution is 6.32. The van der Waals surface area contributed by atoms with E-state index in [0.29, 0.717) is 36.3 Å². The predicted octanol–water partition coefficient (Wildman–Crippen LogP) is 2.87. The normalized spacial score (nSPS) is 10.5. The zero-order chi connectivity index (χ0) is 14.1. The van der Waals surface area contributed by atoms with Crippen LogP contribution in [-0.2, 0) is 11.3 Å². The van der Waals surface area contributed by atoms with Gasteiger partial charge in [0.25, 0.3) is 0 Å². The second kappa shape index (κ2) is 9.02. The molecule has 0 bridgehead atoms. The van der Waals surface area contributed by atoms with E-state index >= 15 is 0 Å². The van der Waals surface area contributed by atoms with E-state index in [1.165, 1.54) is 0 Å². The van der Waals surface area contributed by atoms with Gasteiger partial charge < -0.3 is 19.5 Å². The first-order valence-electron chi connectivity index (χ1n) is 6.50. The summed E-state index contributed by atoms with van der Waals surface area (Å²) >= 11 is 6.23. The van der Waals surface area contributed by atoms with Gasteiger partial charge in [-0.1, -0.05) is 18.5 Å². The summed E-state index contributed by atoms with van der Waals surface area (Å²) in [5.41, 5.74) is 1.07. The fourth-order valence-corrected chi connectivity index (χ4v) is 1.92. The summed E-state index contributed by atoms with van der Waals surface area (Å²) in [6.07, 6.45) is 0. The molecule has 0 spiro atoms. The van der Waals surface area contributed by atoms with Crippen LogP contribution in [0.15, 0.2) is 12.1 Å². The van der Waals surface area contributed by atoms with Crippen molar-refractivity contribution in [1.29, 1.82) is 0 Å². The van der Waals surface area contributed by atoms with Crippen LogP contribution in [0, 0.1) is 0 Å². The number of hydrogen-bond donors (Lipinski definition) is 1. The third kappa shape index (κ3) is 5.27. The van der Waals surface area contributed by atoms with E-state index in [1.54, 1.807) is 7.11 Å². The standard InChI is InChI=1S/C14H22ClNO3/c1-4-16-10-11-8-12(15)14(13(9-11)17-3)19-7-6-18-5-2/h8-9,16H,4-7,10H2,1-3H3. The van der Waals surface area contributed by atoms with Gasteiger partial charge in [-0.2, -0.15) is 0 Å². The van der Waals surface area contributed by atoms with E-state index in [4.69, 9.17) is 25.8 Å². The lowest BCUT2D eigenvalue weighted by Gasteiger charge is -2.14. The number of nitrogens with one attached hydrogen (secondary N) is 1. The molecule has 0 heterocycles. The number of methoxy groups -OCH3 is 1. The van der Waals surface area contributed by atoms with Crippen LogP contribution in [0.2, 0.25) is 5.02 Å². The van der Waals surface area contributed by atoms with Crippen molar-refractivity contribution in [3.05, 3.63) is 22.7 Å². The molecule has 1 aromatic carbocycles. The molecule has 0 atom stereocenters. The van der Waals surface area contributed by atoms with Crippen molar-refractivity contribution < 1.29 is 14.2 Å². The lowest BCUT2D eigenvalue weighted by atomic mass is 10.2. The van der Waals surface area contributed by atoms with Crippen molar-refractivity contribution >= 4 is 11.6 Å². The molecule has 0 aliphatic heterocycles. The maximum absolute atomic E-state index is 6.23. The van der Waals surface area contributed by atoms with Gasteiger partial charge in [-0.05, 0) is 31.2 Å². The van der Waals surface area contributed by atoms with Gasteiger partial charge in [0.1, 0.15) is 6.61 Å². The summed E-state index contributed by atoms with van der Waals surface area (Å²) < 4.78 is 16.2. The highest BCUT2D eigenvalue weighted by Crippen LogP contribution is 2.36. The maximum atomic E-state index is 6.23. The highest BCUT2D eigenvalue weighted by Gasteiger charge is 2.11. The Labute approximate surface area is 120 Å². The molecule has 0 aliphatic carbocycles. The Hall–Kier alpha value is -0.970. The molecular formula is C14H22ClNO3. The van der Waals surface area contributed by atoms with Crippen LogP contribution in [0.25, 0.3) is 0 Å². The molecule has 1 aromatic rings. The SMILES string of the molecule is CCNCc1cc(Cl)c(OCCOCC)c(OC)c1. The molecule has 108 valence electrons. The zero-order valence-corrected chi connectivity index (χ0v) is 12.5. The Morgan fingerprint density at radius 2 is 2.00 bits per heavy atom. The van der Waals surface area contributed by atoms with Gasteiger partial charge in [0.05, 0.1) is 18.7 Å². The number of benzene rings is 1. The molecule has 19 heavy (non-hydrogen) atoms. The van der Waals surface area contributed by atoms with Gasteiger partial charge in [0.15, 0.2) is 11.5 Å². The molecule has 0 saturated heterocycles. The Morgan fingerprint density at radius 1 is 1.21 bits per heavy atom. The van der Waals surface area contributed by atoms with Crippen LogP contribution in [0.5, 0.6) is 11.5 Å².